The lowest BCUT2D eigenvalue weighted by molar-refractivity contribution is 0.504. The molecule has 1 aromatic carbocycles. The van der Waals surface area contributed by atoms with Crippen molar-refractivity contribution in [2.75, 3.05) is 0 Å². The predicted molar refractivity (Wildman–Crippen MR) is 63.9 cm³/mol. The highest BCUT2D eigenvalue weighted by atomic mass is 16.3. The Kier molecular flexibility index (Phi) is 3.84. The Morgan fingerprint density at radius 1 is 0.733 bits per heavy atom. The van der Waals surface area contributed by atoms with Crippen LogP contribution in [0.1, 0.15) is 38.5 Å². The van der Waals surface area contributed by atoms with E-state index in [-0.39, 0.29) is 0 Å². The monoisotopic (exact) mass is 202 g/mol. The second-order valence-corrected chi connectivity index (χ2v) is 4.08. The van der Waals surface area contributed by atoms with Gasteiger partial charge in [0.25, 0.3) is 0 Å². The van der Waals surface area contributed by atoms with Gasteiger partial charge in [-0.25, -0.2) is 0 Å². The molecule has 0 N–H and O–H groups in total. The maximum Gasteiger partial charge on any atom is 0.133 e. The van der Waals surface area contributed by atoms with E-state index in [1.165, 1.54) is 38.5 Å². The summed E-state index contributed by atoms with van der Waals surface area (Å²) in [5.41, 5.74) is 0.956. The summed E-state index contributed by atoms with van der Waals surface area (Å²) >= 11 is 0. The first-order valence-electron chi connectivity index (χ1n) is 5.89. The van der Waals surface area contributed by atoms with Gasteiger partial charge in [0.1, 0.15) is 5.58 Å². The minimum absolute atomic E-state index is 0.956. The van der Waals surface area contributed by atoms with Crippen LogP contribution >= 0.6 is 0 Å². The first-order valence-corrected chi connectivity index (χ1v) is 5.89. The van der Waals surface area contributed by atoms with Gasteiger partial charge in [-0.1, -0.05) is 56.7 Å². The van der Waals surface area contributed by atoms with Crippen LogP contribution in [0, 0.1) is 0 Å². The van der Waals surface area contributed by atoms with Crippen LogP contribution in [0.4, 0.5) is 0 Å². The summed E-state index contributed by atoms with van der Waals surface area (Å²) in [7, 11) is 0. The van der Waals surface area contributed by atoms with E-state index in [1.54, 1.807) is 6.26 Å². The molecule has 0 saturated heterocycles. The minimum atomic E-state index is 0.956. The summed E-state index contributed by atoms with van der Waals surface area (Å²) in [6.45, 7) is 0. The number of fused-ring (bicyclic) bond motifs is 1. The molecule has 1 saturated carbocycles. The standard InChI is InChI=1S/C8H6O.C6H12/c1-2-4-8-7(3-1)5-6-9-8;1-2-4-6-5-3-1/h1-6H;1-6H2. The van der Waals surface area contributed by atoms with Crippen molar-refractivity contribution in [3.8, 4) is 0 Å². The molecular weight excluding hydrogens is 184 g/mol. The molecule has 0 amide bonds. The van der Waals surface area contributed by atoms with Crippen molar-refractivity contribution in [1.29, 1.82) is 0 Å². The quantitative estimate of drug-likeness (QED) is 0.599. The van der Waals surface area contributed by atoms with Crippen LogP contribution in [0.2, 0.25) is 0 Å². The van der Waals surface area contributed by atoms with Gasteiger partial charge in [-0.05, 0) is 12.1 Å². The lowest BCUT2D eigenvalue weighted by Crippen LogP contribution is -1.85. The summed E-state index contributed by atoms with van der Waals surface area (Å²) in [6.07, 6.45) is 10.7. The highest BCUT2D eigenvalue weighted by Gasteiger charge is 1.95. The van der Waals surface area contributed by atoms with E-state index < -0.39 is 0 Å². The van der Waals surface area contributed by atoms with Crippen LogP contribution in [0.3, 0.4) is 0 Å². The van der Waals surface area contributed by atoms with Gasteiger partial charge < -0.3 is 4.42 Å². The molecule has 1 aliphatic rings. The van der Waals surface area contributed by atoms with E-state index in [2.05, 4.69) is 0 Å². The number of hydrogen-bond donors (Lipinski definition) is 0. The highest BCUT2D eigenvalue weighted by molar-refractivity contribution is 5.76. The molecule has 1 nitrogen and oxygen atoms in total. The van der Waals surface area contributed by atoms with Crippen molar-refractivity contribution >= 4 is 11.0 Å². The molecule has 3 rings (SSSR count). The fourth-order valence-electron chi connectivity index (χ4n) is 1.97. The maximum atomic E-state index is 5.12. The molecule has 1 aromatic heterocycles. The minimum Gasteiger partial charge on any atom is -0.464 e. The SMILES string of the molecule is C1CCCCC1.c1ccc2occc2c1. The van der Waals surface area contributed by atoms with Crippen LogP contribution in [0.15, 0.2) is 41.0 Å². The van der Waals surface area contributed by atoms with Gasteiger partial charge in [0.15, 0.2) is 0 Å². The van der Waals surface area contributed by atoms with Crippen LogP contribution < -0.4 is 0 Å². The number of benzene rings is 1. The molecule has 1 heteroatoms. The van der Waals surface area contributed by atoms with Gasteiger partial charge in [0, 0.05) is 5.39 Å². The van der Waals surface area contributed by atoms with Crippen LogP contribution in [-0.4, -0.2) is 0 Å². The molecule has 1 fully saturated rings. The topological polar surface area (TPSA) is 13.1 Å². The Hall–Kier alpha value is -1.24. The average molecular weight is 202 g/mol. The molecule has 15 heavy (non-hydrogen) atoms. The Morgan fingerprint density at radius 2 is 1.33 bits per heavy atom. The summed E-state index contributed by atoms with van der Waals surface area (Å²) in [5.74, 6) is 0. The van der Waals surface area contributed by atoms with Crippen molar-refractivity contribution in [3.05, 3.63) is 36.6 Å². The second kappa shape index (κ2) is 5.59. The van der Waals surface area contributed by atoms with Crippen molar-refractivity contribution in [3.63, 3.8) is 0 Å². The summed E-state index contributed by atoms with van der Waals surface area (Å²) in [5, 5.41) is 1.16. The molecule has 1 heterocycles. The molecule has 0 spiro atoms. The Balaban J connectivity index is 0.000000124. The average Bonchev–Trinajstić information content (AvgIpc) is 2.80. The van der Waals surface area contributed by atoms with Crippen molar-refractivity contribution in [2.24, 2.45) is 0 Å². The van der Waals surface area contributed by atoms with E-state index >= 15 is 0 Å². The van der Waals surface area contributed by atoms with Crippen LogP contribution in [0.5, 0.6) is 0 Å². The molecule has 2 aromatic rings. The molecule has 0 aliphatic heterocycles. The van der Waals surface area contributed by atoms with E-state index in [0.717, 1.165) is 11.0 Å². The predicted octanol–water partition coefficient (Wildman–Crippen LogP) is 4.77. The van der Waals surface area contributed by atoms with Gasteiger partial charge in [-0.15, -0.1) is 0 Å². The zero-order valence-corrected chi connectivity index (χ0v) is 9.11. The normalized spacial score (nSPS) is 15.7. The molecule has 0 atom stereocenters. The molecular formula is C14H18O. The Bertz CT molecular complexity index is 343. The van der Waals surface area contributed by atoms with Gasteiger partial charge in [0.2, 0.25) is 0 Å². The number of hydrogen-bond acceptors (Lipinski definition) is 1. The van der Waals surface area contributed by atoms with E-state index in [9.17, 15) is 0 Å². The van der Waals surface area contributed by atoms with Gasteiger partial charge >= 0.3 is 0 Å². The van der Waals surface area contributed by atoms with E-state index in [4.69, 9.17) is 4.42 Å². The summed E-state index contributed by atoms with van der Waals surface area (Å²) in [4.78, 5) is 0. The third kappa shape index (κ3) is 3.12. The lowest BCUT2D eigenvalue weighted by Gasteiger charge is -2.05. The van der Waals surface area contributed by atoms with Crippen molar-refractivity contribution in [2.45, 2.75) is 38.5 Å². The number of rotatable bonds is 0. The van der Waals surface area contributed by atoms with Crippen molar-refractivity contribution in [1.82, 2.24) is 0 Å². The third-order valence-electron chi connectivity index (χ3n) is 2.86. The Morgan fingerprint density at radius 3 is 1.93 bits per heavy atom. The summed E-state index contributed by atoms with van der Waals surface area (Å²) in [6, 6.07) is 9.90. The number of furan rings is 1. The van der Waals surface area contributed by atoms with Gasteiger partial charge in [0.05, 0.1) is 6.26 Å². The van der Waals surface area contributed by atoms with Crippen molar-refractivity contribution < 1.29 is 4.42 Å². The summed E-state index contributed by atoms with van der Waals surface area (Å²) < 4.78 is 5.12. The van der Waals surface area contributed by atoms with Gasteiger partial charge in [-0.3, -0.25) is 0 Å². The highest BCUT2D eigenvalue weighted by Crippen LogP contribution is 2.15. The zero-order chi connectivity index (χ0) is 10.3. The van der Waals surface area contributed by atoms with E-state index in [0.29, 0.717) is 0 Å². The molecule has 1 aliphatic carbocycles. The lowest BCUT2D eigenvalue weighted by atomic mass is 10.0. The van der Waals surface area contributed by atoms with Gasteiger partial charge in [-0.2, -0.15) is 0 Å². The largest absolute Gasteiger partial charge is 0.464 e. The molecule has 80 valence electrons. The van der Waals surface area contributed by atoms with Crippen LogP contribution in [-0.2, 0) is 0 Å². The molecule has 0 radical (unpaired) electrons. The molecule has 0 bridgehead atoms. The zero-order valence-electron chi connectivity index (χ0n) is 9.11. The smallest absolute Gasteiger partial charge is 0.133 e. The van der Waals surface area contributed by atoms with E-state index in [1.807, 2.05) is 30.3 Å². The van der Waals surface area contributed by atoms with Crippen LogP contribution in [0.25, 0.3) is 11.0 Å². The second-order valence-electron chi connectivity index (χ2n) is 4.08. The number of para-hydroxylation sites is 1. The fourth-order valence-corrected chi connectivity index (χ4v) is 1.97. The first-order chi connectivity index (χ1) is 7.47. The molecule has 0 unspecified atom stereocenters. The Labute approximate surface area is 91.1 Å². The first kappa shape index (κ1) is 10.3. The third-order valence-corrected chi connectivity index (χ3v) is 2.86. The fraction of sp³-hybridized carbons (Fsp3) is 0.429. The maximum absolute atomic E-state index is 5.12.